The van der Waals surface area contributed by atoms with Crippen molar-refractivity contribution in [3.05, 3.63) is 88.4 Å². The zero-order valence-corrected chi connectivity index (χ0v) is 16.9. The van der Waals surface area contributed by atoms with E-state index in [0.29, 0.717) is 27.7 Å². The van der Waals surface area contributed by atoms with Crippen molar-refractivity contribution in [2.45, 2.75) is 13.8 Å². The first-order valence-corrected chi connectivity index (χ1v) is 9.46. The van der Waals surface area contributed by atoms with Crippen LogP contribution in [0.1, 0.15) is 21.5 Å². The Morgan fingerprint density at radius 2 is 1.69 bits per heavy atom. The number of ether oxygens (including phenoxy) is 1. The van der Waals surface area contributed by atoms with Gasteiger partial charge >= 0.3 is 0 Å². The molecule has 0 saturated heterocycles. The molecule has 0 aromatic heterocycles. The van der Waals surface area contributed by atoms with Gasteiger partial charge in [0.05, 0.1) is 10.7 Å². The summed E-state index contributed by atoms with van der Waals surface area (Å²) in [5.74, 6) is 0.117. The SMILES string of the molecule is Cc1cccc(OCC(=O)Nc2ccc(NC(=O)c3ccccc3)c(Cl)c2)c1C. The number of anilines is 2. The van der Waals surface area contributed by atoms with Gasteiger partial charge in [-0.15, -0.1) is 0 Å². The van der Waals surface area contributed by atoms with Gasteiger partial charge in [-0.3, -0.25) is 9.59 Å². The third-order valence-electron chi connectivity index (χ3n) is 4.45. The second-order valence-corrected chi connectivity index (χ2v) is 6.96. The zero-order chi connectivity index (χ0) is 20.8. The van der Waals surface area contributed by atoms with E-state index in [1.165, 1.54) is 0 Å². The normalized spacial score (nSPS) is 10.3. The predicted octanol–water partition coefficient (Wildman–Crippen LogP) is 5.23. The third-order valence-corrected chi connectivity index (χ3v) is 4.76. The fourth-order valence-electron chi connectivity index (χ4n) is 2.70. The highest BCUT2D eigenvalue weighted by Crippen LogP contribution is 2.26. The molecule has 0 bridgehead atoms. The molecule has 0 spiro atoms. The fourth-order valence-corrected chi connectivity index (χ4v) is 2.93. The fraction of sp³-hybridized carbons (Fsp3) is 0.130. The van der Waals surface area contributed by atoms with E-state index < -0.39 is 0 Å². The number of hydrogen-bond donors (Lipinski definition) is 2. The number of carbonyl (C=O) groups excluding carboxylic acids is 2. The molecule has 5 nitrogen and oxygen atoms in total. The van der Waals surface area contributed by atoms with Crippen molar-refractivity contribution in [3.63, 3.8) is 0 Å². The van der Waals surface area contributed by atoms with E-state index in [1.807, 2.05) is 38.1 Å². The number of rotatable bonds is 6. The van der Waals surface area contributed by atoms with E-state index in [1.54, 1.807) is 42.5 Å². The molecule has 0 fully saturated rings. The topological polar surface area (TPSA) is 67.4 Å². The Hall–Kier alpha value is -3.31. The van der Waals surface area contributed by atoms with Crippen LogP contribution in [0.2, 0.25) is 5.02 Å². The van der Waals surface area contributed by atoms with Crippen molar-refractivity contribution in [3.8, 4) is 5.75 Å². The Kier molecular flexibility index (Phi) is 6.52. The molecule has 2 amide bonds. The molecule has 0 aliphatic carbocycles. The second-order valence-electron chi connectivity index (χ2n) is 6.55. The summed E-state index contributed by atoms with van der Waals surface area (Å²) in [5, 5.41) is 5.82. The van der Waals surface area contributed by atoms with E-state index in [9.17, 15) is 9.59 Å². The maximum atomic E-state index is 12.2. The molecular formula is C23H21ClN2O3. The summed E-state index contributed by atoms with van der Waals surface area (Å²) in [6.45, 7) is 3.82. The van der Waals surface area contributed by atoms with E-state index in [4.69, 9.17) is 16.3 Å². The Labute approximate surface area is 174 Å². The number of carbonyl (C=O) groups is 2. The lowest BCUT2D eigenvalue weighted by Crippen LogP contribution is -2.20. The van der Waals surface area contributed by atoms with Gasteiger partial charge in [0.2, 0.25) is 0 Å². The highest BCUT2D eigenvalue weighted by molar-refractivity contribution is 6.34. The number of hydrogen-bond acceptors (Lipinski definition) is 3. The summed E-state index contributed by atoms with van der Waals surface area (Å²) < 4.78 is 5.61. The number of nitrogens with one attached hydrogen (secondary N) is 2. The maximum absolute atomic E-state index is 12.2. The van der Waals surface area contributed by atoms with Crippen molar-refractivity contribution in [2.24, 2.45) is 0 Å². The monoisotopic (exact) mass is 408 g/mol. The van der Waals surface area contributed by atoms with Crippen LogP contribution in [0.5, 0.6) is 5.75 Å². The summed E-state index contributed by atoms with van der Waals surface area (Å²) in [5.41, 5.74) is 3.61. The van der Waals surface area contributed by atoms with Crippen molar-refractivity contribution in [2.75, 3.05) is 17.2 Å². The first-order valence-electron chi connectivity index (χ1n) is 9.09. The second kappa shape index (κ2) is 9.26. The summed E-state index contributed by atoms with van der Waals surface area (Å²) in [6, 6.07) is 19.4. The average Bonchev–Trinajstić information content (AvgIpc) is 2.71. The maximum Gasteiger partial charge on any atom is 0.262 e. The summed E-state index contributed by atoms with van der Waals surface area (Å²) in [4.78, 5) is 24.4. The van der Waals surface area contributed by atoms with Gasteiger partial charge in [-0.1, -0.05) is 41.9 Å². The van der Waals surface area contributed by atoms with Crippen LogP contribution < -0.4 is 15.4 Å². The number of benzene rings is 3. The van der Waals surface area contributed by atoms with Gasteiger partial charge in [0.1, 0.15) is 5.75 Å². The van der Waals surface area contributed by atoms with E-state index in [-0.39, 0.29) is 18.4 Å². The predicted molar refractivity (Wildman–Crippen MR) is 116 cm³/mol. The molecule has 0 aliphatic rings. The molecule has 148 valence electrons. The van der Waals surface area contributed by atoms with Crippen LogP contribution in [-0.2, 0) is 4.79 Å². The van der Waals surface area contributed by atoms with Crippen LogP contribution in [0.15, 0.2) is 66.7 Å². The first kappa shape index (κ1) is 20.4. The first-order chi connectivity index (χ1) is 13.9. The minimum Gasteiger partial charge on any atom is -0.483 e. The van der Waals surface area contributed by atoms with E-state index >= 15 is 0 Å². The van der Waals surface area contributed by atoms with Crippen molar-refractivity contribution >= 4 is 34.8 Å². The van der Waals surface area contributed by atoms with E-state index in [0.717, 1.165) is 11.1 Å². The molecule has 0 atom stereocenters. The van der Waals surface area contributed by atoms with Crippen LogP contribution in [0, 0.1) is 13.8 Å². The molecule has 3 aromatic rings. The van der Waals surface area contributed by atoms with Gasteiger partial charge < -0.3 is 15.4 Å². The standard InChI is InChI=1S/C23H21ClN2O3/c1-15-7-6-10-21(16(15)2)29-14-22(27)25-18-11-12-20(19(24)13-18)26-23(28)17-8-4-3-5-9-17/h3-13H,14H2,1-2H3,(H,25,27)(H,26,28). The van der Waals surface area contributed by atoms with Gasteiger partial charge in [-0.25, -0.2) is 0 Å². The molecule has 0 radical (unpaired) electrons. The van der Waals surface area contributed by atoms with Gasteiger partial charge in [0.25, 0.3) is 11.8 Å². The van der Waals surface area contributed by atoms with Gasteiger partial charge in [-0.05, 0) is 61.4 Å². The van der Waals surface area contributed by atoms with Crippen LogP contribution in [0.4, 0.5) is 11.4 Å². The molecular weight excluding hydrogens is 388 g/mol. The highest BCUT2D eigenvalue weighted by Gasteiger charge is 2.11. The van der Waals surface area contributed by atoms with Gasteiger partial charge in [0, 0.05) is 11.3 Å². The van der Waals surface area contributed by atoms with Crippen LogP contribution in [0.25, 0.3) is 0 Å². The molecule has 2 N–H and O–H groups in total. The van der Waals surface area contributed by atoms with Gasteiger partial charge in [-0.2, -0.15) is 0 Å². The molecule has 0 aliphatic heterocycles. The number of aryl methyl sites for hydroxylation is 1. The summed E-state index contributed by atoms with van der Waals surface area (Å²) in [6.07, 6.45) is 0. The Balaban J connectivity index is 1.59. The summed E-state index contributed by atoms with van der Waals surface area (Å²) >= 11 is 6.26. The minimum absolute atomic E-state index is 0.117. The molecule has 3 aromatic carbocycles. The molecule has 0 saturated carbocycles. The molecule has 0 heterocycles. The highest BCUT2D eigenvalue weighted by atomic mass is 35.5. The van der Waals surface area contributed by atoms with Crippen LogP contribution >= 0.6 is 11.6 Å². The lowest BCUT2D eigenvalue weighted by molar-refractivity contribution is -0.118. The minimum atomic E-state index is -0.303. The Bertz CT molecular complexity index is 1040. The quantitative estimate of drug-likeness (QED) is 0.587. The van der Waals surface area contributed by atoms with Crippen LogP contribution in [0.3, 0.4) is 0 Å². The number of halogens is 1. The van der Waals surface area contributed by atoms with Crippen molar-refractivity contribution in [1.82, 2.24) is 0 Å². The molecule has 0 unspecified atom stereocenters. The average molecular weight is 409 g/mol. The number of amides is 2. The van der Waals surface area contributed by atoms with Crippen LogP contribution in [-0.4, -0.2) is 18.4 Å². The third kappa shape index (κ3) is 5.36. The van der Waals surface area contributed by atoms with Crippen molar-refractivity contribution in [1.29, 1.82) is 0 Å². The summed E-state index contributed by atoms with van der Waals surface area (Å²) in [7, 11) is 0. The lowest BCUT2D eigenvalue weighted by Gasteiger charge is -2.12. The van der Waals surface area contributed by atoms with Crippen molar-refractivity contribution < 1.29 is 14.3 Å². The van der Waals surface area contributed by atoms with E-state index in [2.05, 4.69) is 10.6 Å². The molecule has 6 heteroatoms. The largest absolute Gasteiger partial charge is 0.483 e. The smallest absolute Gasteiger partial charge is 0.262 e. The Morgan fingerprint density at radius 1 is 0.931 bits per heavy atom. The molecule has 29 heavy (non-hydrogen) atoms. The van der Waals surface area contributed by atoms with Gasteiger partial charge in [0.15, 0.2) is 6.61 Å². The molecule has 3 rings (SSSR count). The Morgan fingerprint density at radius 3 is 2.41 bits per heavy atom. The lowest BCUT2D eigenvalue weighted by atomic mass is 10.1. The zero-order valence-electron chi connectivity index (χ0n) is 16.2.